The van der Waals surface area contributed by atoms with Crippen LogP contribution in [0, 0.1) is 0 Å². The fraction of sp³-hybridized carbons (Fsp3) is 0.421. The van der Waals surface area contributed by atoms with Gasteiger partial charge in [-0.1, -0.05) is 30.3 Å². The lowest BCUT2D eigenvalue weighted by Gasteiger charge is -2.24. The predicted octanol–water partition coefficient (Wildman–Crippen LogP) is 1.92. The molecule has 0 aliphatic carbocycles. The number of carbonyl (C=O) groups excluding carboxylic acids is 3. The maximum atomic E-state index is 12.3. The number of urea groups is 1. The molecule has 0 fully saturated rings. The fourth-order valence-electron chi connectivity index (χ4n) is 2.26. The first-order valence-corrected chi connectivity index (χ1v) is 8.52. The number of benzene rings is 1. The van der Waals surface area contributed by atoms with Crippen molar-refractivity contribution in [2.75, 3.05) is 26.8 Å². The maximum Gasteiger partial charge on any atom is 0.331 e. The highest BCUT2D eigenvalue weighted by molar-refractivity contribution is 5.91. The number of hydrogen-bond acceptors (Lipinski definition) is 5. The van der Waals surface area contributed by atoms with E-state index in [9.17, 15) is 14.4 Å². The number of carbonyl (C=O) groups is 3. The molecule has 0 aromatic heterocycles. The number of esters is 2. The molecule has 0 heterocycles. The van der Waals surface area contributed by atoms with Crippen LogP contribution < -0.4 is 5.32 Å². The molecule has 7 heteroatoms. The summed E-state index contributed by atoms with van der Waals surface area (Å²) in [5.41, 5.74) is 1.01. The number of hydrogen-bond donors (Lipinski definition) is 1. The minimum Gasteiger partial charge on any atom is -0.466 e. The summed E-state index contributed by atoms with van der Waals surface area (Å²) in [6.07, 6.45) is 2.50. The number of nitrogens with one attached hydrogen (secondary N) is 1. The zero-order chi connectivity index (χ0) is 19.4. The molecule has 0 saturated carbocycles. The van der Waals surface area contributed by atoms with E-state index < -0.39 is 11.9 Å². The van der Waals surface area contributed by atoms with Crippen molar-refractivity contribution in [3.05, 3.63) is 48.0 Å². The molecule has 1 atom stereocenters. The van der Waals surface area contributed by atoms with Gasteiger partial charge in [0.2, 0.25) is 0 Å². The van der Waals surface area contributed by atoms with Gasteiger partial charge in [0.15, 0.2) is 0 Å². The Morgan fingerprint density at radius 1 is 1.08 bits per heavy atom. The van der Waals surface area contributed by atoms with Gasteiger partial charge >= 0.3 is 18.0 Å². The first kappa shape index (κ1) is 21.2. The Morgan fingerprint density at radius 2 is 1.69 bits per heavy atom. The smallest absolute Gasteiger partial charge is 0.331 e. The van der Waals surface area contributed by atoms with Crippen LogP contribution in [0.4, 0.5) is 4.79 Å². The SMILES string of the molecule is CCN(CC)C(=O)N[C@@H](COC(=O)/C=C/C(=O)OC)Cc1ccccc1. The normalized spacial score (nSPS) is 11.7. The summed E-state index contributed by atoms with van der Waals surface area (Å²) in [5.74, 6) is -1.32. The molecule has 2 amide bonds. The van der Waals surface area contributed by atoms with Crippen LogP contribution >= 0.6 is 0 Å². The van der Waals surface area contributed by atoms with Gasteiger partial charge in [-0.25, -0.2) is 14.4 Å². The van der Waals surface area contributed by atoms with E-state index in [0.29, 0.717) is 19.5 Å². The largest absolute Gasteiger partial charge is 0.466 e. The average molecular weight is 362 g/mol. The summed E-state index contributed by atoms with van der Waals surface area (Å²) < 4.78 is 9.57. The second-order valence-electron chi connectivity index (χ2n) is 5.49. The first-order chi connectivity index (χ1) is 12.5. The molecule has 0 bridgehead atoms. The van der Waals surface area contributed by atoms with Gasteiger partial charge in [0.1, 0.15) is 6.61 Å². The van der Waals surface area contributed by atoms with Crippen molar-refractivity contribution in [3.8, 4) is 0 Å². The molecule has 1 N–H and O–H groups in total. The Bertz CT molecular complexity index is 612. The number of amides is 2. The summed E-state index contributed by atoms with van der Waals surface area (Å²) in [5, 5.41) is 2.89. The van der Waals surface area contributed by atoms with Crippen LogP contribution in [-0.2, 0) is 25.5 Å². The van der Waals surface area contributed by atoms with Crippen LogP contribution in [-0.4, -0.2) is 55.7 Å². The highest BCUT2D eigenvalue weighted by Crippen LogP contribution is 2.05. The molecule has 0 radical (unpaired) electrons. The van der Waals surface area contributed by atoms with Crippen LogP contribution in [0.1, 0.15) is 19.4 Å². The highest BCUT2D eigenvalue weighted by Gasteiger charge is 2.18. The van der Waals surface area contributed by atoms with Crippen molar-refractivity contribution >= 4 is 18.0 Å². The Labute approximate surface area is 154 Å². The molecular weight excluding hydrogens is 336 g/mol. The molecular formula is C19H26N2O5. The number of nitrogens with zero attached hydrogens (tertiary/aromatic N) is 1. The molecule has 0 unspecified atom stereocenters. The maximum absolute atomic E-state index is 12.3. The zero-order valence-electron chi connectivity index (χ0n) is 15.4. The van der Waals surface area contributed by atoms with E-state index in [0.717, 1.165) is 17.7 Å². The summed E-state index contributed by atoms with van der Waals surface area (Å²) in [6, 6.07) is 9.00. The van der Waals surface area contributed by atoms with Gasteiger partial charge in [-0.2, -0.15) is 0 Å². The number of rotatable bonds is 9. The molecule has 142 valence electrons. The topological polar surface area (TPSA) is 84.9 Å². The van der Waals surface area contributed by atoms with Crippen molar-refractivity contribution in [2.24, 2.45) is 0 Å². The Balaban J connectivity index is 2.71. The summed E-state index contributed by atoms with van der Waals surface area (Å²) in [4.78, 5) is 36.7. The summed E-state index contributed by atoms with van der Waals surface area (Å²) in [6.45, 7) is 4.95. The van der Waals surface area contributed by atoms with E-state index in [1.165, 1.54) is 7.11 Å². The van der Waals surface area contributed by atoms with E-state index in [2.05, 4.69) is 10.1 Å². The molecule has 7 nitrogen and oxygen atoms in total. The fourth-order valence-corrected chi connectivity index (χ4v) is 2.26. The second-order valence-corrected chi connectivity index (χ2v) is 5.49. The lowest BCUT2D eigenvalue weighted by Crippen LogP contribution is -2.47. The molecule has 1 aromatic carbocycles. The van der Waals surface area contributed by atoms with Gasteiger partial charge in [0.25, 0.3) is 0 Å². The van der Waals surface area contributed by atoms with Crippen LogP contribution in [0.15, 0.2) is 42.5 Å². The monoisotopic (exact) mass is 362 g/mol. The Hall–Kier alpha value is -2.83. The lowest BCUT2D eigenvalue weighted by atomic mass is 10.1. The third-order valence-corrected chi connectivity index (χ3v) is 3.69. The number of methoxy groups -OCH3 is 1. The van der Waals surface area contributed by atoms with E-state index in [4.69, 9.17) is 4.74 Å². The van der Waals surface area contributed by atoms with Gasteiger partial charge in [0, 0.05) is 25.2 Å². The van der Waals surface area contributed by atoms with Crippen molar-refractivity contribution < 1.29 is 23.9 Å². The third kappa shape index (κ3) is 7.83. The van der Waals surface area contributed by atoms with Gasteiger partial charge in [-0.05, 0) is 25.8 Å². The van der Waals surface area contributed by atoms with E-state index in [1.54, 1.807) is 4.90 Å². The van der Waals surface area contributed by atoms with Crippen LogP contribution in [0.25, 0.3) is 0 Å². The number of ether oxygens (including phenoxy) is 2. The van der Waals surface area contributed by atoms with Gasteiger partial charge < -0.3 is 19.7 Å². The third-order valence-electron chi connectivity index (χ3n) is 3.69. The molecule has 0 aliphatic heterocycles. The van der Waals surface area contributed by atoms with Crippen molar-refractivity contribution in [1.82, 2.24) is 10.2 Å². The minimum atomic E-state index is -0.675. The van der Waals surface area contributed by atoms with Gasteiger partial charge in [-0.15, -0.1) is 0 Å². The van der Waals surface area contributed by atoms with Gasteiger partial charge in [-0.3, -0.25) is 0 Å². The molecule has 0 spiro atoms. The first-order valence-electron chi connectivity index (χ1n) is 8.52. The van der Waals surface area contributed by atoms with E-state index in [-0.39, 0.29) is 18.7 Å². The molecule has 1 rings (SSSR count). The minimum absolute atomic E-state index is 0.00769. The zero-order valence-corrected chi connectivity index (χ0v) is 15.4. The van der Waals surface area contributed by atoms with Crippen LogP contribution in [0.2, 0.25) is 0 Å². The standard InChI is InChI=1S/C19H26N2O5/c1-4-21(5-2)19(24)20-16(13-15-9-7-6-8-10-15)14-26-18(23)12-11-17(22)25-3/h6-12,16H,4-5,13-14H2,1-3H3,(H,20,24)/b12-11+/t16-/m1/s1. The lowest BCUT2D eigenvalue weighted by molar-refractivity contribution is -0.139. The van der Waals surface area contributed by atoms with E-state index in [1.807, 2.05) is 44.2 Å². The van der Waals surface area contributed by atoms with Gasteiger partial charge in [0.05, 0.1) is 13.2 Å². The quantitative estimate of drug-likeness (QED) is 0.536. The summed E-state index contributed by atoms with van der Waals surface area (Å²) >= 11 is 0. The molecule has 0 saturated heterocycles. The van der Waals surface area contributed by atoms with Crippen molar-refractivity contribution in [2.45, 2.75) is 26.3 Å². The van der Waals surface area contributed by atoms with E-state index >= 15 is 0 Å². The average Bonchev–Trinajstić information content (AvgIpc) is 2.65. The highest BCUT2D eigenvalue weighted by atomic mass is 16.5. The molecule has 0 aliphatic rings. The van der Waals surface area contributed by atoms with Crippen molar-refractivity contribution in [1.29, 1.82) is 0 Å². The Morgan fingerprint density at radius 3 is 2.27 bits per heavy atom. The molecule has 1 aromatic rings. The summed E-state index contributed by atoms with van der Waals surface area (Å²) in [7, 11) is 1.22. The van der Waals surface area contributed by atoms with Crippen molar-refractivity contribution in [3.63, 3.8) is 0 Å². The van der Waals surface area contributed by atoms with Crippen LogP contribution in [0.3, 0.4) is 0 Å². The van der Waals surface area contributed by atoms with Crippen LogP contribution in [0.5, 0.6) is 0 Å². The predicted molar refractivity (Wildman–Crippen MR) is 97.5 cm³/mol. The second kappa shape index (κ2) is 11.7. The Kier molecular flexibility index (Phi) is 9.53. The molecule has 26 heavy (non-hydrogen) atoms.